The highest BCUT2D eigenvalue weighted by Crippen LogP contribution is 2.04. The fraction of sp³-hybridized carbons (Fsp3) is 0.500. The summed E-state index contributed by atoms with van der Waals surface area (Å²) in [5, 5.41) is 0. The Balaban J connectivity index is 2.68. The standard InChI is InChI=1S/C10H15NO2S/c1-3-9-4-6-11-10(8-9)5-7-14(2,12)13/h4,6,8H,3,5,7H2,1-2H3. The lowest BCUT2D eigenvalue weighted by molar-refractivity contribution is 0.600. The van der Waals surface area contributed by atoms with Gasteiger partial charge in [0.25, 0.3) is 0 Å². The van der Waals surface area contributed by atoms with Gasteiger partial charge in [0.15, 0.2) is 0 Å². The Morgan fingerprint density at radius 2 is 2.14 bits per heavy atom. The van der Waals surface area contributed by atoms with Crippen LogP contribution in [0.3, 0.4) is 0 Å². The van der Waals surface area contributed by atoms with Crippen molar-refractivity contribution in [3.8, 4) is 0 Å². The SMILES string of the molecule is CCc1ccnc(CCS(C)(=O)=O)c1. The third-order valence-corrected chi connectivity index (χ3v) is 2.96. The molecule has 3 nitrogen and oxygen atoms in total. The van der Waals surface area contributed by atoms with Crippen molar-refractivity contribution in [2.24, 2.45) is 0 Å². The molecule has 0 aliphatic heterocycles. The smallest absolute Gasteiger partial charge is 0.147 e. The van der Waals surface area contributed by atoms with E-state index >= 15 is 0 Å². The first-order valence-corrected chi connectivity index (χ1v) is 6.69. The van der Waals surface area contributed by atoms with Crippen LogP contribution < -0.4 is 0 Å². The van der Waals surface area contributed by atoms with Crippen LogP contribution in [-0.2, 0) is 22.7 Å². The molecule has 0 amide bonds. The van der Waals surface area contributed by atoms with E-state index in [2.05, 4.69) is 11.9 Å². The number of sulfone groups is 1. The molecule has 0 radical (unpaired) electrons. The minimum absolute atomic E-state index is 0.174. The van der Waals surface area contributed by atoms with Gasteiger partial charge in [0.2, 0.25) is 0 Å². The van der Waals surface area contributed by atoms with Gasteiger partial charge < -0.3 is 0 Å². The molecule has 14 heavy (non-hydrogen) atoms. The molecule has 0 N–H and O–H groups in total. The van der Waals surface area contributed by atoms with Crippen molar-refractivity contribution in [2.75, 3.05) is 12.0 Å². The van der Waals surface area contributed by atoms with Crippen molar-refractivity contribution < 1.29 is 8.42 Å². The van der Waals surface area contributed by atoms with Gasteiger partial charge in [0, 0.05) is 24.6 Å². The second-order valence-corrected chi connectivity index (χ2v) is 5.65. The third-order valence-electron chi connectivity index (χ3n) is 2.02. The molecule has 0 fully saturated rings. The summed E-state index contributed by atoms with van der Waals surface area (Å²) in [7, 11) is -2.88. The van der Waals surface area contributed by atoms with Gasteiger partial charge in [0.1, 0.15) is 9.84 Å². The molecule has 0 aromatic carbocycles. The Kier molecular flexibility index (Phi) is 3.63. The Morgan fingerprint density at radius 1 is 1.43 bits per heavy atom. The second-order valence-electron chi connectivity index (χ2n) is 3.39. The van der Waals surface area contributed by atoms with Gasteiger partial charge in [-0.3, -0.25) is 4.98 Å². The molecule has 0 spiro atoms. The number of pyridine rings is 1. The van der Waals surface area contributed by atoms with Gasteiger partial charge >= 0.3 is 0 Å². The van der Waals surface area contributed by atoms with Crippen molar-refractivity contribution in [2.45, 2.75) is 19.8 Å². The zero-order valence-corrected chi connectivity index (χ0v) is 9.34. The summed E-state index contributed by atoms with van der Waals surface area (Å²) in [6.45, 7) is 2.07. The Hall–Kier alpha value is -0.900. The van der Waals surface area contributed by atoms with Crippen LogP contribution in [0.2, 0.25) is 0 Å². The van der Waals surface area contributed by atoms with Crippen LogP contribution in [0.5, 0.6) is 0 Å². The minimum Gasteiger partial charge on any atom is -0.261 e. The Labute approximate surface area is 85.1 Å². The molecule has 1 rings (SSSR count). The van der Waals surface area contributed by atoms with Gasteiger partial charge in [-0.1, -0.05) is 6.92 Å². The van der Waals surface area contributed by atoms with Crippen LogP contribution in [0.1, 0.15) is 18.2 Å². The first-order valence-electron chi connectivity index (χ1n) is 4.63. The van der Waals surface area contributed by atoms with Gasteiger partial charge in [-0.05, 0) is 24.1 Å². The van der Waals surface area contributed by atoms with Crippen molar-refractivity contribution in [3.05, 3.63) is 29.6 Å². The van der Waals surface area contributed by atoms with E-state index in [-0.39, 0.29) is 5.75 Å². The van der Waals surface area contributed by atoms with Gasteiger partial charge in [-0.15, -0.1) is 0 Å². The van der Waals surface area contributed by atoms with Crippen molar-refractivity contribution >= 4 is 9.84 Å². The van der Waals surface area contributed by atoms with Crippen LogP contribution in [0, 0.1) is 0 Å². The fourth-order valence-corrected chi connectivity index (χ4v) is 1.75. The van der Waals surface area contributed by atoms with Crippen LogP contribution in [0.15, 0.2) is 18.3 Å². The van der Waals surface area contributed by atoms with E-state index in [4.69, 9.17) is 0 Å². The van der Waals surface area contributed by atoms with Gasteiger partial charge in [0.05, 0.1) is 5.75 Å². The largest absolute Gasteiger partial charge is 0.261 e. The van der Waals surface area contributed by atoms with Crippen molar-refractivity contribution in [3.63, 3.8) is 0 Å². The molecule has 0 aliphatic rings. The van der Waals surface area contributed by atoms with Crippen LogP contribution in [0.25, 0.3) is 0 Å². The zero-order valence-electron chi connectivity index (χ0n) is 8.53. The van der Waals surface area contributed by atoms with E-state index in [0.29, 0.717) is 6.42 Å². The van der Waals surface area contributed by atoms with E-state index in [9.17, 15) is 8.42 Å². The fourth-order valence-electron chi connectivity index (χ4n) is 1.17. The van der Waals surface area contributed by atoms with Gasteiger partial charge in [-0.25, -0.2) is 8.42 Å². The summed E-state index contributed by atoms with van der Waals surface area (Å²) in [4.78, 5) is 4.13. The average Bonchev–Trinajstić information content (AvgIpc) is 2.14. The average molecular weight is 213 g/mol. The molecule has 0 aliphatic carbocycles. The molecule has 1 aromatic rings. The lowest BCUT2D eigenvalue weighted by atomic mass is 10.1. The van der Waals surface area contributed by atoms with Gasteiger partial charge in [-0.2, -0.15) is 0 Å². The summed E-state index contributed by atoms with van der Waals surface area (Å²) < 4.78 is 21.9. The molecule has 4 heteroatoms. The van der Waals surface area contributed by atoms with Crippen LogP contribution in [0.4, 0.5) is 0 Å². The van der Waals surface area contributed by atoms with E-state index in [1.807, 2.05) is 12.1 Å². The molecule has 0 bridgehead atoms. The molecule has 0 atom stereocenters. The highest BCUT2D eigenvalue weighted by atomic mass is 32.2. The lowest BCUT2D eigenvalue weighted by Crippen LogP contribution is -2.07. The van der Waals surface area contributed by atoms with E-state index in [1.165, 1.54) is 11.8 Å². The number of rotatable bonds is 4. The normalized spacial score (nSPS) is 11.6. The van der Waals surface area contributed by atoms with Crippen molar-refractivity contribution in [1.82, 2.24) is 4.98 Å². The number of hydrogen-bond donors (Lipinski definition) is 0. The highest BCUT2D eigenvalue weighted by molar-refractivity contribution is 7.90. The maximum absolute atomic E-state index is 10.9. The highest BCUT2D eigenvalue weighted by Gasteiger charge is 2.03. The summed E-state index contributed by atoms with van der Waals surface area (Å²) in [6.07, 6.45) is 4.44. The Morgan fingerprint density at radius 3 is 2.71 bits per heavy atom. The molecular formula is C10H15NO2S. The molecule has 1 heterocycles. The topological polar surface area (TPSA) is 47.0 Å². The number of nitrogens with zero attached hydrogens (tertiary/aromatic N) is 1. The lowest BCUT2D eigenvalue weighted by Gasteiger charge is -2.01. The second kappa shape index (κ2) is 4.55. The first kappa shape index (κ1) is 11.2. The van der Waals surface area contributed by atoms with E-state index < -0.39 is 9.84 Å². The molecule has 0 saturated heterocycles. The molecule has 78 valence electrons. The molecule has 1 aromatic heterocycles. The monoisotopic (exact) mass is 213 g/mol. The maximum atomic E-state index is 10.9. The predicted molar refractivity (Wildman–Crippen MR) is 57.0 cm³/mol. The van der Waals surface area contributed by atoms with E-state index in [1.54, 1.807) is 6.20 Å². The predicted octanol–water partition coefficient (Wildman–Crippen LogP) is 1.23. The number of aryl methyl sites for hydroxylation is 2. The molecule has 0 saturated carbocycles. The quantitative estimate of drug-likeness (QED) is 0.755. The summed E-state index contributed by atoms with van der Waals surface area (Å²) in [6, 6.07) is 3.91. The van der Waals surface area contributed by atoms with Crippen molar-refractivity contribution in [1.29, 1.82) is 0 Å². The number of aromatic nitrogens is 1. The maximum Gasteiger partial charge on any atom is 0.147 e. The zero-order chi connectivity index (χ0) is 10.6. The summed E-state index contributed by atoms with van der Waals surface area (Å²) in [5.41, 5.74) is 2.05. The van der Waals surface area contributed by atoms with Crippen LogP contribution >= 0.6 is 0 Å². The Bertz CT molecular complexity index is 398. The summed E-state index contributed by atoms with van der Waals surface area (Å²) in [5.74, 6) is 0.174. The van der Waals surface area contributed by atoms with Crippen LogP contribution in [-0.4, -0.2) is 25.4 Å². The molecule has 0 unspecified atom stereocenters. The third kappa shape index (κ3) is 3.87. The molecular weight excluding hydrogens is 198 g/mol. The summed E-state index contributed by atoms with van der Waals surface area (Å²) >= 11 is 0. The minimum atomic E-state index is -2.88. The number of hydrogen-bond acceptors (Lipinski definition) is 3. The first-order chi connectivity index (χ1) is 6.51. The van der Waals surface area contributed by atoms with E-state index in [0.717, 1.165) is 12.1 Å².